The van der Waals surface area contributed by atoms with Crippen LogP contribution in [0.1, 0.15) is 5.56 Å². The van der Waals surface area contributed by atoms with Gasteiger partial charge < -0.3 is 15.0 Å². The van der Waals surface area contributed by atoms with Crippen LogP contribution >= 0.6 is 11.6 Å². The Labute approximate surface area is 149 Å². The first-order valence-corrected chi connectivity index (χ1v) is 8.22. The van der Waals surface area contributed by atoms with Crippen LogP contribution in [0.25, 0.3) is 10.9 Å². The van der Waals surface area contributed by atoms with E-state index in [0.717, 1.165) is 16.5 Å². The molecule has 1 amide bonds. The Morgan fingerprint density at radius 2 is 1.84 bits per heavy atom. The molecule has 0 bridgehead atoms. The summed E-state index contributed by atoms with van der Waals surface area (Å²) in [6.07, 6.45) is 2.00. The molecular formula is C19H17ClN2O3. The normalized spacial score (nSPS) is 12.0. The lowest BCUT2D eigenvalue weighted by Gasteiger charge is -2.15. The summed E-state index contributed by atoms with van der Waals surface area (Å²) in [7, 11) is 0. The summed E-state index contributed by atoms with van der Waals surface area (Å²) >= 11 is 6.13. The SMILES string of the molecule is O=C(Cn1ccc2c(Cl)cccc21)N[C@H](Cc1ccccc1)C(=O)O. The number of fused-ring (bicyclic) bond motifs is 1. The molecule has 0 spiro atoms. The topological polar surface area (TPSA) is 71.3 Å². The zero-order valence-electron chi connectivity index (χ0n) is 13.4. The maximum absolute atomic E-state index is 12.3. The number of aliphatic carboxylic acids is 1. The van der Waals surface area contributed by atoms with E-state index in [1.165, 1.54) is 0 Å². The van der Waals surface area contributed by atoms with Crippen molar-refractivity contribution in [2.45, 2.75) is 19.0 Å². The van der Waals surface area contributed by atoms with E-state index >= 15 is 0 Å². The highest BCUT2D eigenvalue weighted by Crippen LogP contribution is 2.24. The molecule has 0 aliphatic carbocycles. The quantitative estimate of drug-likeness (QED) is 0.713. The molecule has 0 aliphatic rings. The molecule has 0 aliphatic heterocycles. The molecular weight excluding hydrogens is 340 g/mol. The van der Waals surface area contributed by atoms with Gasteiger partial charge in [0.1, 0.15) is 12.6 Å². The van der Waals surface area contributed by atoms with E-state index in [4.69, 9.17) is 11.6 Å². The van der Waals surface area contributed by atoms with Crippen molar-refractivity contribution in [1.82, 2.24) is 9.88 Å². The average molecular weight is 357 g/mol. The van der Waals surface area contributed by atoms with E-state index in [0.29, 0.717) is 5.02 Å². The van der Waals surface area contributed by atoms with Crippen LogP contribution in [0.3, 0.4) is 0 Å². The number of benzene rings is 2. The highest BCUT2D eigenvalue weighted by molar-refractivity contribution is 6.35. The van der Waals surface area contributed by atoms with Gasteiger partial charge in [-0.05, 0) is 23.8 Å². The summed E-state index contributed by atoms with van der Waals surface area (Å²) in [5.74, 6) is -1.42. The van der Waals surface area contributed by atoms with Gasteiger partial charge in [-0.2, -0.15) is 0 Å². The van der Waals surface area contributed by atoms with Gasteiger partial charge in [0.25, 0.3) is 0 Å². The highest BCUT2D eigenvalue weighted by Gasteiger charge is 2.20. The third-order valence-electron chi connectivity index (χ3n) is 3.99. The Morgan fingerprint density at radius 3 is 2.56 bits per heavy atom. The van der Waals surface area contributed by atoms with E-state index in [1.54, 1.807) is 16.8 Å². The van der Waals surface area contributed by atoms with Crippen molar-refractivity contribution in [3.05, 3.63) is 71.4 Å². The zero-order chi connectivity index (χ0) is 17.8. The van der Waals surface area contributed by atoms with Crippen LogP contribution in [0.4, 0.5) is 0 Å². The first-order valence-electron chi connectivity index (χ1n) is 7.84. The van der Waals surface area contributed by atoms with Gasteiger partial charge in [0.15, 0.2) is 0 Å². The van der Waals surface area contributed by atoms with Gasteiger partial charge in [-0.1, -0.05) is 48.0 Å². The first kappa shape index (κ1) is 17.0. The predicted octanol–water partition coefficient (Wildman–Crippen LogP) is 3.11. The molecule has 0 fully saturated rings. The fourth-order valence-corrected chi connectivity index (χ4v) is 3.00. The zero-order valence-corrected chi connectivity index (χ0v) is 14.1. The maximum atomic E-state index is 12.3. The van der Waals surface area contributed by atoms with Crippen LogP contribution in [-0.4, -0.2) is 27.6 Å². The summed E-state index contributed by atoms with van der Waals surface area (Å²) in [6, 6.07) is 15.5. The molecule has 6 heteroatoms. The summed E-state index contributed by atoms with van der Waals surface area (Å²) in [5.41, 5.74) is 1.69. The van der Waals surface area contributed by atoms with Gasteiger partial charge >= 0.3 is 5.97 Å². The number of amides is 1. The van der Waals surface area contributed by atoms with E-state index in [2.05, 4.69) is 5.32 Å². The Hall–Kier alpha value is -2.79. The Morgan fingerprint density at radius 1 is 1.08 bits per heavy atom. The number of rotatable bonds is 6. The van der Waals surface area contributed by atoms with Crippen molar-refractivity contribution in [3.8, 4) is 0 Å². The number of carbonyl (C=O) groups excluding carboxylic acids is 1. The molecule has 5 nitrogen and oxygen atoms in total. The lowest BCUT2D eigenvalue weighted by atomic mass is 10.1. The Kier molecular flexibility index (Phi) is 5.05. The molecule has 1 aromatic heterocycles. The third kappa shape index (κ3) is 4.00. The second-order valence-electron chi connectivity index (χ2n) is 5.76. The molecule has 0 saturated heterocycles. The van der Waals surface area contributed by atoms with Crippen LogP contribution in [0, 0.1) is 0 Å². The van der Waals surface area contributed by atoms with Crippen molar-refractivity contribution >= 4 is 34.4 Å². The lowest BCUT2D eigenvalue weighted by Crippen LogP contribution is -2.43. The van der Waals surface area contributed by atoms with E-state index in [-0.39, 0.29) is 18.9 Å². The van der Waals surface area contributed by atoms with Crippen LogP contribution in [0.15, 0.2) is 60.8 Å². The molecule has 2 N–H and O–H groups in total. The maximum Gasteiger partial charge on any atom is 0.326 e. The molecule has 0 radical (unpaired) electrons. The number of carboxylic acids is 1. The van der Waals surface area contributed by atoms with Crippen LogP contribution in [0.5, 0.6) is 0 Å². The minimum Gasteiger partial charge on any atom is -0.480 e. The molecule has 1 atom stereocenters. The number of carboxylic acid groups (broad SMARTS) is 1. The van der Waals surface area contributed by atoms with Gasteiger partial charge in [0.05, 0.1) is 0 Å². The van der Waals surface area contributed by atoms with Crippen LogP contribution in [-0.2, 0) is 22.6 Å². The fraction of sp³-hybridized carbons (Fsp3) is 0.158. The minimum absolute atomic E-state index is 0.0302. The van der Waals surface area contributed by atoms with Crippen molar-refractivity contribution in [1.29, 1.82) is 0 Å². The van der Waals surface area contributed by atoms with E-state index < -0.39 is 12.0 Å². The van der Waals surface area contributed by atoms with Gasteiger partial charge in [-0.15, -0.1) is 0 Å². The summed E-state index contributed by atoms with van der Waals surface area (Å²) in [4.78, 5) is 23.8. The second kappa shape index (κ2) is 7.40. The molecule has 25 heavy (non-hydrogen) atoms. The molecule has 0 unspecified atom stereocenters. The van der Waals surface area contributed by atoms with Crippen LogP contribution < -0.4 is 5.32 Å². The van der Waals surface area contributed by atoms with Gasteiger partial charge in [-0.3, -0.25) is 4.79 Å². The molecule has 128 valence electrons. The molecule has 2 aromatic carbocycles. The number of halogens is 1. The number of hydrogen-bond acceptors (Lipinski definition) is 2. The third-order valence-corrected chi connectivity index (χ3v) is 4.32. The Balaban J connectivity index is 1.71. The largest absolute Gasteiger partial charge is 0.480 e. The first-order chi connectivity index (χ1) is 12.0. The number of carbonyl (C=O) groups is 2. The minimum atomic E-state index is -1.06. The summed E-state index contributed by atoms with van der Waals surface area (Å²) in [6.45, 7) is 0.0302. The van der Waals surface area contributed by atoms with Crippen molar-refractivity contribution in [3.63, 3.8) is 0 Å². The van der Waals surface area contributed by atoms with Crippen molar-refractivity contribution in [2.24, 2.45) is 0 Å². The smallest absolute Gasteiger partial charge is 0.326 e. The fourth-order valence-electron chi connectivity index (χ4n) is 2.77. The predicted molar refractivity (Wildman–Crippen MR) is 96.7 cm³/mol. The molecule has 1 heterocycles. The number of nitrogens with one attached hydrogen (secondary N) is 1. The highest BCUT2D eigenvalue weighted by atomic mass is 35.5. The van der Waals surface area contributed by atoms with Gasteiger partial charge in [-0.25, -0.2) is 4.79 Å². The number of aromatic nitrogens is 1. The summed E-state index contributed by atoms with van der Waals surface area (Å²) < 4.78 is 1.75. The molecule has 3 aromatic rings. The van der Waals surface area contributed by atoms with Crippen molar-refractivity contribution < 1.29 is 14.7 Å². The van der Waals surface area contributed by atoms with E-state index in [1.807, 2.05) is 48.5 Å². The van der Waals surface area contributed by atoms with E-state index in [9.17, 15) is 14.7 Å². The van der Waals surface area contributed by atoms with Crippen LogP contribution in [0.2, 0.25) is 5.02 Å². The molecule has 3 rings (SSSR count). The lowest BCUT2D eigenvalue weighted by molar-refractivity contribution is -0.141. The molecule has 0 saturated carbocycles. The number of hydrogen-bond donors (Lipinski definition) is 2. The monoisotopic (exact) mass is 356 g/mol. The summed E-state index contributed by atoms with van der Waals surface area (Å²) in [5, 5.41) is 13.4. The van der Waals surface area contributed by atoms with Crippen molar-refractivity contribution in [2.75, 3.05) is 0 Å². The standard InChI is InChI=1S/C19H17ClN2O3/c20-15-7-4-8-17-14(15)9-10-22(17)12-18(23)21-16(19(24)25)11-13-5-2-1-3-6-13/h1-10,16H,11-12H2,(H,21,23)(H,24,25)/t16-/m1/s1. The second-order valence-corrected chi connectivity index (χ2v) is 6.17. The average Bonchev–Trinajstić information content (AvgIpc) is 2.99. The number of nitrogens with zero attached hydrogens (tertiary/aromatic N) is 1. The van der Waals surface area contributed by atoms with Gasteiger partial charge in [0.2, 0.25) is 5.91 Å². The van der Waals surface area contributed by atoms with Gasteiger partial charge in [0, 0.05) is 28.5 Å². The Bertz CT molecular complexity index is 905.